The summed E-state index contributed by atoms with van der Waals surface area (Å²) in [5, 5.41) is 0. The second-order valence-corrected chi connectivity index (χ2v) is 8.23. The molecule has 3 heteroatoms. The topological polar surface area (TPSA) is 29.5 Å². The number of benzene rings is 1. The van der Waals surface area contributed by atoms with Gasteiger partial charge in [0.15, 0.2) is 0 Å². The number of nitrogens with zero attached hydrogens (tertiary/aromatic N) is 1. The number of methoxy groups -OCH3 is 1. The van der Waals surface area contributed by atoms with Gasteiger partial charge in [0, 0.05) is 18.0 Å². The molecular weight excluding hydrogens is 286 g/mol. The maximum absolute atomic E-state index is 12.5. The fourth-order valence-electron chi connectivity index (χ4n) is 4.50. The van der Waals surface area contributed by atoms with Crippen molar-refractivity contribution in [2.45, 2.75) is 63.5 Å². The maximum Gasteiger partial charge on any atom is 0.310 e. The highest BCUT2D eigenvalue weighted by molar-refractivity contribution is 5.75. The Morgan fingerprint density at radius 2 is 1.83 bits per heavy atom. The van der Waals surface area contributed by atoms with E-state index in [-0.39, 0.29) is 23.2 Å². The van der Waals surface area contributed by atoms with Crippen LogP contribution in [-0.2, 0) is 14.9 Å². The molecule has 0 amide bonds. The molecule has 2 saturated heterocycles. The van der Waals surface area contributed by atoms with Crippen LogP contribution in [0.4, 0.5) is 0 Å². The third-order valence-electron chi connectivity index (χ3n) is 5.95. The van der Waals surface area contributed by atoms with E-state index in [0.717, 1.165) is 12.8 Å². The predicted molar refractivity (Wildman–Crippen MR) is 92.6 cm³/mol. The highest BCUT2D eigenvalue weighted by Crippen LogP contribution is 2.46. The first-order valence-corrected chi connectivity index (χ1v) is 8.73. The number of piperidine rings is 1. The van der Waals surface area contributed by atoms with Crippen LogP contribution < -0.4 is 0 Å². The van der Waals surface area contributed by atoms with E-state index in [1.54, 1.807) is 0 Å². The van der Waals surface area contributed by atoms with Crippen LogP contribution in [0.5, 0.6) is 0 Å². The molecule has 2 aliphatic rings. The monoisotopic (exact) mass is 315 g/mol. The van der Waals surface area contributed by atoms with Crippen molar-refractivity contribution in [2.24, 2.45) is 5.92 Å². The molecule has 0 saturated carbocycles. The molecule has 0 N–H and O–H groups in total. The number of fused-ring (bicyclic) bond motifs is 2. The fourth-order valence-corrected chi connectivity index (χ4v) is 4.50. The van der Waals surface area contributed by atoms with Gasteiger partial charge in [0.1, 0.15) is 0 Å². The molecule has 2 aliphatic heterocycles. The summed E-state index contributed by atoms with van der Waals surface area (Å²) in [5.74, 6) is 0.196. The molecule has 0 aromatic heterocycles. The lowest BCUT2D eigenvalue weighted by atomic mass is 9.75. The lowest BCUT2D eigenvalue weighted by molar-refractivity contribution is -0.150. The lowest BCUT2D eigenvalue weighted by Gasteiger charge is -2.41. The average molecular weight is 315 g/mol. The molecule has 4 atom stereocenters. The zero-order valence-corrected chi connectivity index (χ0v) is 15.0. The molecule has 2 unspecified atom stereocenters. The summed E-state index contributed by atoms with van der Waals surface area (Å²) < 4.78 is 5.15. The summed E-state index contributed by atoms with van der Waals surface area (Å²) in [6.45, 7) is 6.69. The minimum absolute atomic E-state index is 0.0377. The first kappa shape index (κ1) is 16.5. The molecular formula is C20H29NO2. The van der Waals surface area contributed by atoms with Gasteiger partial charge in [0.2, 0.25) is 0 Å². The number of carbonyl (C=O) groups excluding carboxylic acids is 1. The van der Waals surface area contributed by atoms with Crippen LogP contribution in [0.3, 0.4) is 0 Å². The number of rotatable bonds is 2. The molecule has 0 aliphatic carbocycles. The van der Waals surface area contributed by atoms with Gasteiger partial charge in [-0.25, -0.2) is 0 Å². The summed E-state index contributed by atoms with van der Waals surface area (Å²) in [4.78, 5) is 14.9. The van der Waals surface area contributed by atoms with E-state index in [4.69, 9.17) is 4.74 Å². The standard InChI is InChI=1S/C20H29NO2/c1-20(2,3)14-8-6-13(7-9-14)16-12-15-10-11-17(21(15)4)18(16)19(22)23-5/h6-9,15-18H,10-12H2,1-5H3/t15-,16-,17?,18?/m1/s1. The molecule has 126 valence electrons. The van der Waals surface area contributed by atoms with Crippen LogP contribution in [-0.4, -0.2) is 37.1 Å². The SMILES string of the molecule is COC(=O)C1C2CC[C@H](C[C@@H]1c1ccc(C(C)(C)C)cc1)N2C. The van der Waals surface area contributed by atoms with Crippen molar-refractivity contribution >= 4 is 5.97 Å². The van der Waals surface area contributed by atoms with Gasteiger partial charge in [0.05, 0.1) is 13.0 Å². The van der Waals surface area contributed by atoms with Gasteiger partial charge in [0.25, 0.3) is 0 Å². The Bertz CT molecular complexity index is 572. The minimum atomic E-state index is -0.0490. The average Bonchev–Trinajstić information content (AvgIpc) is 2.75. The van der Waals surface area contributed by atoms with E-state index in [1.807, 2.05) is 0 Å². The first-order chi connectivity index (χ1) is 10.8. The molecule has 1 aromatic carbocycles. The van der Waals surface area contributed by atoms with E-state index < -0.39 is 0 Å². The second-order valence-electron chi connectivity index (χ2n) is 8.23. The molecule has 3 nitrogen and oxygen atoms in total. The zero-order valence-electron chi connectivity index (χ0n) is 15.0. The molecule has 3 rings (SSSR count). The highest BCUT2D eigenvalue weighted by atomic mass is 16.5. The highest BCUT2D eigenvalue weighted by Gasteiger charge is 2.49. The van der Waals surface area contributed by atoms with Crippen LogP contribution in [0.2, 0.25) is 0 Å². The number of esters is 1. The third kappa shape index (κ3) is 2.91. The van der Waals surface area contributed by atoms with Gasteiger partial charge >= 0.3 is 5.97 Å². The van der Waals surface area contributed by atoms with Crippen molar-refractivity contribution < 1.29 is 9.53 Å². The largest absolute Gasteiger partial charge is 0.469 e. The Labute approximate surface area is 140 Å². The Morgan fingerprint density at radius 1 is 1.17 bits per heavy atom. The maximum atomic E-state index is 12.5. The van der Waals surface area contributed by atoms with Gasteiger partial charge in [-0.1, -0.05) is 45.0 Å². The molecule has 0 radical (unpaired) electrons. The van der Waals surface area contributed by atoms with E-state index in [2.05, 4.69) is 57.0 Å². The molecule has 0 spiro atoms. The molecule has 2 fully saturated rings. The summed E-state index contributed by atoms with van der Waals surface area (Å²) >= 11 is 0. The fraction of sp³-hybridized carbons (Fsp3) is 0.650. The first-order valence-electron chi connectivity index (χ1n) is 8.73. The van der Waals surface area contributed by atoms with E-state index >= 15 is 0 Å². The second kappa shape index (κ2) is 5.94. The number of hydrogen-bond donors (Lipinski definition) is 0. The van der Waals surface area contributed by atoms with Gasteiger partial charge < -0.3 is 4.74 Å². The zero-order chi connectivity index (χ0) is 16.8. The number of ether oxygens (including phenoxy) is 1. The summed E-state index contributed by atoms with van der Waals surface area (Å²) in [5.41, 5.74) is 2.79. The van der Waals surface area contributed by atoms with E-state index in [1.165, 1.54) is 24.7 Å². The van der Waals surface area contributed by atoms with Gasteiger partial charge in [-0.2, -0.15) is 0 Å². The Balaban J connectivity index is 1.92. The minimum Gasteiger partial charge on any atom is -0.469 e. The molecule has 2 bridgehead atoms. The number of hydrogen-bond acceptors (Lipinski definition) is 3. The van der Waals surface area contributed by atoms with Crippen LogP contribution >= 0.6 is 0 Å². The normalized spacial score (nSPS) is 31.2. The Morgan fingerprint density at radius 3 is 2.39 bits per heavy atom. The lowest BCUT2D eigenvalue weighted by Crippen LogP contribution is -2.49. The van der Waals surface area contributed by atoms with Crippen molar-refractivity contribution in [1.29, 1.82) is 0 Å². The Kier molecular flexibility index (Phi) is 4.26. The molecule has 1 aromatic rings. The van der Waals surface area contributed by atoms with Gasteiger partial charge in [-0.15, -0.1) is 0 Å². The van der Waals surface area contributed by atoms with Crippen LogP contribution in [0.25, 0.3) is 0 Å². The van der Waals surface area contributed by atoms with Crippen LogP contribution in [0.1, 0.15) is 57.1 Å². The Hall–Kier alpha value is -1.35. The summed E-state index contributed by atoms with van der Waals surface area (Å²) in [6, 6.07) is 9.84. The summed E-state index contributed by atoms with van der Waals surface area (Å²) in [6.07, 6.45) is 3.37. The van der Waals surface area contributed by atoms with Crippen molar-refractivity contribution in [3.8, 4) is 0 Å². The van der Waals surface area contributed by atoms with Crippen molar-refractivity contribution in [2.75, 3.05) is 14.2 Å². The van der Waals surface area contributed by atoms with E-state index in [9.17, 15) is 4.79 Å². The van der Waals surface area contributed by atoms with E-state index in [0.29, 0.717) is 12.1 Å². The van der Waals surface area contributed by atoms with Gasteiger partial charge in [-0.05, 0) is 42.9 Å². The summed E-state index contributed by atoms with van der Waals surface area (Å²) in [7, 11) is 3.68. The van der Waals surface area contributed by atoms with Crippen molar-refractivity contribution in [3.63, 3.8) is 0 Å². The number of carbonyl (C=O) groups is 1. The predicted octanol–water partition coefficient (Wildman–Crippen LogP) is 3.72. The quantitative estimate of drug-likeness (QED) is 0.779. The van der Waals surface area contributed by atoms with Crippen molar-refractivity contribution in [1.82, 2.24) is 4.90 Å². The van der Waals surface area contributed by atoms with Crippen molar-refractivity contribution in [3.05, 3.63) is 35.4 Å². The van der Waals surface area contributed by atoms with Crippen LogP contribution in [0, 0.1) is 5.92 Å². The molecule has 2 heterocycles. The third-order valence-corrected chi connectivity index (χ3v) is 5.95. The van der Waals surface area contributed by atoms with Gasteiger partial charge in [-0.3, -0.25) is 9.69 Å². The van der Waals surface area contributed by atoms with Crippen LogP contribution in [0.15, 0.2) is 24.3 Å². The molecule has 23 heavy (non-hydrogen) atoms. The smallest absolute Gasteiger partial charge is 0.310 e.